The summed E-state index contributed by atoms with van der Waals surface area (Å²) in [7, 11) is 1.56. The Hall–Kier alpha value is -4.19. The van der Waals surface area contributed by atoms with Gasteiger partial charge < -0.3 is 16.0 Å². The molecule has 0 saturated carbocycles. The van der Waals surface area contributed by atoms with Crippen LogP contribution in [0.3, 0.4) is 0 Å². The van der Waals surface area contributed by atoms with Gasteiger partial charge >= 0.3 is 0 Å². The van der Waals surface area contributed by atoms with E-state index in [0.29, 0.717) is 25.8 Å². The largest absolute Gasteiger partial charge is 0.357 e. The summed E-state index contributed by atoms with van der Waals surface area (Å²) in [5, 5.41) is 8.41. The van der Waals surface area contributed by atoms with Crippen molar-refractivity contribution in [3.05, 3.63) is 117 Å². The molecule has 2 aliphatic rings. The topological polar surface area (TPSA) is 87.3 Å². The second kappa shape index (κ2) is 22.1. The Bertz CT molecular complexity index is 1610. The van der Waals surface area contributed by atoms with E-state index >= 15 is 0 Å². The van der Waals surface area contributed by atoms with Crippen LogP contribution in [-0.2, 0) is 14.4 Å². The average Bonchev–Trinajstić information content (AvgIpc) is 3.06. The molecule has 0 saturated heterocycles. The van der Waals surface area contributed by atoms with Crippen molar-refractivity contribution in [1.82, 2.24) is 16.0 Å². The minimum Gasteiger partial charge on any atom is -0.357 e. The summed E-state index contributed by atoms with van der Waals surface area (Å²) in [4.78, 5) is 37.8. The van der Waals surface area contributed by atoms with Crippen LogP contribution in [-0.4, -0.2) is 37.4 Å². The Morgan fingerprint density at radius 3 is 1.60 bits per heavy atom. The van der Waals surface area contributed by atoms with Crippen LogP contribution in [0.15, 0.2) is 117 Å². The van der Waals surface area contributed by atoms with E-state index in [1.54, 1.807) is 13.1 Å². The molecule has 6 nitrogen and oxygen atoms in total. The van der Waals surface area contributed by atoms with Crippen LogP contribution < -0.4 is 16.0 Å². The van der Waals surface area contributed by atoms with E-state index in [-0.39, 0.29) is 28.6 Å². The molecule has 2 rings (SSSR count). The Morgan fingerprint density at radius 2 is 1.15 bits per heavy atom. The van der Waals surface area contributed by atoms with Crippen LogP contribution in [0.2, 0.25) is 0 Å². The van der Waals surface area contributed by atoms with E-state index in [2.05, 4.69) is 102 Å². The molecule has 3 amide bonds. The van der Waals surface area contributed by atoms with Crippen LogP contribution >= 0.6 is 0 Å². The van der Waals surface area contributed by atoms with Gasteiger partial charge in [-0.15, -0.1) is 0 Å². The minimum absolute atomic E-state index is 0.152. The van der Waals surface area contributed by atoms with Crippen molar-refractivity contribution in [3.8, 4) is 0 Å². The monoisotopic (exact) mass is 724 g/mol. The number of allylic oxidation sites excluding steroid dienone is 18. The summed E-state index contributed by atoms with van der Waals surface area (Å²) in [6.07, 6.45) is 32.9. The summed E-state index contributed by atoms with van der Waals surface area (Å²) < 4.78 is 0. The van der Waals surface area contributed by atoms with Crippen molar-refractivity contribution in [3.63, 3.8) is 0 Å². The van der Waals surface area contributed by atoms with E-state index in [1.807, 2.05) is 44.2 Å². The molecule has 0 bridgehead atoms. The number of hydrogen-bond donors (Lipinski definition) is 3. The lowest BCUT2D eigenvalue weighted by molar-refractivity contribution is -0.127. The molecule has 0 aromatic heterocycles. The lowest BCUT2D eigenvalue weighted by Gasteiger charge is -2.33. The maximum Gasteiger partial charge on any atom is 0.244 e. The van der Waals surface area contributed by atoms with E-state index in [9.17, 15) is 14.4 Å². The Kier molecular flexibility index (Phi) is 18.8. The third-order valence-electron chi connectivity index (χ3n) is 10.4. The molecule has 6 heteroatoms. The Balaban J connectivity index is 1.81. The van der Waals surface area contributed by atoms with E-state index in [4.69, 9.17) is 0 Å². The molecule has 2 aliphatic carbocycles. The number of likely N-dealkylation sites (N-methyl/N-ethyl adjacent to an activating group) is 1. The van der Waals surface area contributed by atoms with Crippen LogP contribution in [0.1, 0.15) is 127 Å². The fourth-order valence-corrected chi connectivity index (χ4v) is 7.17. The standard InChI is InChI=1S/C47H69N3O3/c1-34(25-27-40-38(5)22-16-29-46(40,7)8)18-14-20-36(3)32-43(51)49-31-13-12-24-42(45(53)48-11)50-44(52)33-37(4)21-15-19-35(2)26-28-41-39(6)23-17-30-47(41,9)10/h14-15,18-21,25-28,32-33,42H,12-13,16-17,22-24,29-31H2,1-11H3,(H,48,53)(H,49,51)(H,50,52)/b20-14+,21-15+,27-25+,28-26+,34-18+,35-19+,36-32+,37-33+. The number of carbonyl (C=O) groups is 3. The SMILES string of the molecule is CNC(=O)C(CCCCNC(=O)/C=C(C)/C=C/C=C(C)/C=C/C1=C(C)CCCC1(C)C)NC(=O)/C=C(C)/C=C/C=C(C)/C=C/C1=C(C)CCCC1(C)C. The van der Waals surface area contributed by atoms with Crippen molar-refractivity contribution in [2.45, 2.75) is 133 Å². The highest BCUT2D eigenvalue weighted by Gasteiger charge is 2.27. The number of carbonyl (C=O) groups excluding carboxylic acids is 3. The first-order valence-corrected chi connectivity index (χ1v) is 19.6. The van der Waals surface area contributed by atoms with Gasteiger partial charge in [0, 0.05) is 25.7 Å². The second-order valence-electron chi connectivity index (χ2n) is 16.3. The van der Waals surface area contributed by atoms with Gasteiger partial charge in [0.15, 0.2) is 0 Å². The molecule has 1 atom stereocenters. The van der Waals surface area contributed by atoms with Crippen molar-refractivity contribution < 1.29 is 14.4 Å². The quantitative estimate of drug-likeness (QED) is 0.0793. The first-order chi connectivity index (χ1) is 24.9. The van der Waals surface area contributed by atoms with Crippen LogP contribution in [0.4, 0.5) is 0 Å². The van der Waals surface area contributed by atoms with Gasteiger partial charge in [-0.2, -0.15) is 0 Å². The zero-order valence-corrected chi connectivity index (χ0v) is 34.8. The van der Waals surface area contributed by atoms with Crippen molar-refractivity contribution in [1.29, 1.82) is 0 Å². The number of nitrogens with one attached hydrogen (secondary N) is 3. The number of unbranched alkanes of at least 4 members (excludes halogenated alkanes) is 1. The zero-order chi connectivity index (χ0) is 39.6. The maximum absolute atomic E-state index is 12.8. The first-order valence-electron chi connectivity index (χ1n) is 19.6. The predicted octanol–water partition coefficient (Wildman–Crippen LogP) is 10.6. The average molecular weight is 724 g/mol. The molecule has 0 spiro atoms. The summed E-state index contributed by atoms with van der Waals surface area (Å²) in [5.74, 6) is -0.704. The fourth-order valence-electron chi connectivity index (χ4n) is 7.17. The third kappa shape index (κ3) is 16.6. The molecule has 0 radical (unpaired) electrons. The molecule has 0 heterocycles. The molecule has 0 fully saturated rings. The number of amides is 3. The molecule has 3 N–H and O–H groups in total. The van der Waals surface area contributed by atoms with Crippen molar-refractivity contribution in [2.75, 3.05) is 13.6 Å². The van der Waals surface area contributed by atoms with Gasteiger partial charge in [-0.05, 0) is 132 Å². The minimum atomic E-state index is -0.654. The van der Waals surface area contributed by atoms with Gasteiger partial charge in [-0.25, -0.2) is 0 Å². The third-order valence-corrected chi connectivity index (χ3v) is 10.4. The first kappa shape index (κ1) is 45.0. The summed E-state index contributed by atoms with van der Waals surface area (Å²) in [5.41, 5.74) is 10.2. The maximum atomic E-state index is 12.8. The highest BCUT2D eigenvalue weighted by molar-refractivity contribution is 5.93. The molecule has 53 heavy (non-hydrogen) atoms. The summed E-state index contributed by atoms with van der Waals surface area (Å²) in [6, 6.07) is -0.654. The van der Waals surface area contributed by atoms with E-state index in [1.165, 1.54) is 66.9 Å². The predicted molar refractivity (Wildman–Crippen MR) is 225 cm³/mol. The Labute approximate surface area is 322 Å². The smallest absolute Gasteiger partial charge is 0.244 e. The van der Waals surface area contributed by atoms with E-state index in [0.717, 1.165) is 22.3 Å². The molecule has 0 aliphatic heterocycles. The highest BCUT2D eigenvalue weighted by atomic mass is 16.2. The van der Waals surface area contributed by atoms with Gasteiger partial charge in [-0.1, -0.05) is 111 Å². The molecule has 1 unspecified atom stereocenters. The number of hydrogen-bond acceptors (Lipinski definition) is 3. The molecule has 290 valence electrons. The molecular weight excluding hydrogens is 655 g/mol. The number of rotatable bonds is 17. The lowest BCUT2D eigenvalue weighted by atomic mass is 9.72. The summed E-state index contributed by atoms with van der Waals surface area (Å²) >= 11 is 0. The highest BCUT2D eigenvalue weighted by Crippen LogP contribution is 2.41. The van der Waals surface area contributed by atoms with Crippen LogP contribution in [0.5, 0.6) is 0 Å². The van der Waals surface area contributed by atoms with Gasteiger partial charge in [-0.3, -0.25) is 14.4 Å². The van der Waals surface area contributed by atoms with Crippen molar-refractivity contribution in [2.24, 2.45) is 10.8 Å². The second-order valence-corrected chi connectivity index (χ2v) is 16.3. The van der Waals surface area contributed by atoms with Crippen molar-refractivity contribution >= 4 is 17.7 Å². The zero-order valence-electron chi connectivity index (χ0n) is 34.8. The van der Waals surface area contributed by atoms with Gasteiger partial charge in [0.2, 0.25) is 17.7 Å². The summed E-state index contributed by atoms with van der Waals surface area (Å²) in [6.45, 7) is 22.2. The van der Waals surface area contributed by atoms with Crippen LogP contribution in [0, 0.1) is 10.8 Å². The molecular formula is C47H69N3O3. The van der Waals surface area contributed by atoms with Gasteiger partial charge in [0.05, 0.1) is 0 Å². The molecule has 0 aromatic carbocycles. The normalized spacial score (nSPS) is 19.5. The Morgan fingerprint density at radius 1 is 0.679 bits per heavy atom. The fraction of sp³-hybridized carbons (Fsp3) is 0.511. The van der Waals surface area contributed by atoms with Gasteiger partial charge in [0.1, 0.15) is 6.04 Å². The van der Waals surface area contributed by atoms with Gasteiger partial charge in [0.25, 0.3) is 0 Å². The van der Waals surface area contributed by atoms with Crippen LogP contribution in [0.25, 0.3) is 0 Å². The molecule has 0 aromatic rings. The van der Waals surface area contributed by atoms with E-state index < -0.39 is 6.04 Å². The lowest BCUT2D eigenvalue weighted by Crippen LogP contribution is -2.45.